The monoisotopic (exact) mass is 251 g/mol. The standard InChI is InChI=1S/C7H10NO3P.Zn/c8-6-10-12(9)11-7-4-2-1-3-5-7;/h1-5,12H,6,8H2;. The molecule has 6 heteroatoms. The average Bonchev–Trinajstić information content (AvgIpc) is 2.06. The van der Waals surface area contributed by atoms with Crippen LogP contribution >= 0.6 is 8.25 Å². The van der Waals surface area contributed by atoms with Gasteiger partial charge in [-0.15, -0.1) is 0 Å². The molecule has 0 amide bonds. The van der Waals surface area contributed by atoms with Gasteiger partial charge in [-0.2, -0.15) is 0 Å². The van der Waals surface area contributed by atoms with Gasteiger partial charge in [0.05, 0.1) is 0 Å². The second-order valence-corrected chi connectivity index (χ2v) is 2.97. The topological polar surface area (TPSA) is 61.5 Å². The van der Waals surface area contributed by atoms with E-state index in [1.165, 1.54) is 0 Å². The molecule has 0 spiro atoms. The second kappa shape index (κ2) is 7.22. The summed E-state index contributed by atoms with van der Waals surface area (Å²) >= 11 is 0. The number of hydrogen-bond acceptors (Lipinski definition) is 4. The van der Waals surface area contributed by atoms with Crippen LogP contribution < -0.4 is 10.3 Å². The van der Waals surface area contributed by atoms with E-state index >= 15 is 0 Å². The Morgan fingerprint density at radius 3 is 2.46 bits per heavy atom. The van der Waals surface area contributed by atoms with Crippen LogP contribution in [0.15, 0.2) is 30.3 Å². The zero-order chi connectivity index (χ0) is 8.81. The fourth-order valence-corrected chi connectivity index (χ4v) is 1.21. The third-order valence-corrected chi connectivity index (χ3v) is 1.95. The van der Waals surface area contributed by atoms with Crippen LogP contribution in [0.5, 0.6) is 5.75 Å². The van der Waals surface area contributed by atoms with Crippen LogP contribution in [0.2, 0.25) is 0 Å². The average molecular weight is 253 g/mol. The Hall–Kier alpha value is -0.207. The molecule has 0 aromatic heterocycles. The second-order valence-electron chi connectivity index (χ2n) is 1.98. The van der Waals surface area contributed by atoms with Crippen molar-refractivity contribution >= 4 is 8.25 Å². The first-order chi connectivity index (χ1) is 5.83. The molecule has 1 rings (SSSR count). The summed E-state index contributed by atoms with van der Waals surface area (Å²) < 4.78 is 20.3. The summed E-state index contributed by atoms with van der Waals surface area (Å²) in [5.41, 5.74) is 5.01. The number of nitrogens with two attached hydrogens (primary N) is 1. The maximum Gasteiger partial charge on any atom is 0.369 e. The van der Waals surface area contributed by atoms with E-state index in [0.29, 0.717) is 5.75 Å². The fourth-order valence-electron chi connectivity index (χ4n) is 0.682. The van der Waals surface area contributed by atoms with Crippen LogP contribution in [0, 0.1) is 0 Å². The van der Waals surface area contributed by atoms with Crippen molar-refractivity contribution in [3.8, 4) is 5.75 Å². The van der Waals surface area contributed by atoms with Gasteiger partial charge in [0.25, 0.3) is 0 Å². The van der Waals surface area contributed by atoms with Crippen molar-refractivity contribution in [1.82, 2.24) is 0 Å². The number of rotatable bonds is 4. The van der Waals surface area contributed by atoms with E-state index in [1.54, 1.807) is 24.3 Å². The molecule has 0 saturated heterocycles. The summed E-state index contributed by atoms with van der Waals surface area (Å²) in [7, 11) is -2.47. The van der Waals surface area contributed by atoms with Gasteiger partial charge < -0.3 is 10.3 Å². The SMILES string of the molecule is NCO[PH](=O)Oc1ccccc1.[Zn]. The van der Waals surface area contributed by atoms with E-state index in [0.717, 1.165) is 0 Å². The van der Waals surface area contributed by atoms with Crippen molar-refractivity contribution in [2.75, 3.05) is 6.73 Å². The predicted octanol–water partition coefficient (Wildman–Crippen LogP) is 1.39. The molecular weight excluding hydrogens is 242 g/mol. The van der Waals surface area contributed by atoms with Gasteiger partial charge in [0, 0.05) is 19.5 Å². The molecule has 1 unspecified atom stereocenters. The molecule has 13 heavy (non-hydrogen) atoms. The van der Waals surface area contributed by atoms with E-state index < -0.39 is 8.25 Å². The molecule has 1 aromatic carbocycles. The molecule has 2 N–H and O–H groups in total. The third kappa shape index (κ3) is 5.17. The molecule has 0 heterocycles. The van der Waals surface area contributed by atoms with Gasteiger partial charge in [0.15, 0.2) is 0 Å². The molecule has 4 nitrogen and oxygen atoms in total. The number of para-hydroxylation sites is 1. The smallest absolute Gasteiger partial charge is 0.369 e. The summed E-state index contributed by atoms with van der Waals surface area (Å²) in [6.07, 6.45) is 0. The minimum Gasteiger partial charge on any atom is -0.426 e. The van der Waals surface area contributed by atoms with Crippen LogP contribution in [0.4, 0.5) is 0 Å². The molecule has 0 saturated carbocycles. The Bertz CT molecular complexity index is 257. The first-order valence-corrected chi connectivity index (χ1v) is 4.65. The Balaban J connectivity index is 0.00000144. The van der Waals surface area contributed by atoms with Gasteiger partial charge in [-0.3, -0.25) is 4.52 Å². The first-order valence-electron chi connectivity index (χ1n) is 3.42. The normalized spacial score (nSPS) is 11.5. The van der Waals surface area contributed by atoms with Gasteiger partial charge >= 0.3 is 8.25 Å². The summed E-state index contributed by atoms with van der Waals surface area (Å²) in [5, 5.41) is 0. The van der Waals surface area contributed by atoms with Crippen molar-refractivity contribution in [2.24, 2.45) is 5.73 Å². The largest absolute Gasteiger partial charge is 0.426 e. The Morgan fingerprint density at radius 1 is 1.31 bits per heavy atom. The molecule has 0 bridgehead atoms. The van der Waals surface area contributed by atoms with Crippen molar-refractivity contribution < 1.29 is 33.1 Å². The Morgan fingerprint density at radius 2 is 1.92 bits per heavy atom. The van der Waals surface area contributed by atoms with E-state index in [9.17, 15) is 4.57 Å². The van der Waals surface area contributed by atoms with Crippen LogP contribution in [-0.2, 0) is 28.6 Å². The maximum atomic E-state index is 10.9. The molecule has 1 atom stereocenters. The molecule has 0 aliphatic carbocycles. The zero-order valence-corrected chi connectivity index (χ0v) is 11.1. The summed E-state index contributed by atoms with van der Waals surface area (Å²) in [5.74, 6) is 0.523. The van der Waals surface area contributed by atoms with Gasteiger partial charge in [-0.25, -0.2) is 4.57 Å². The minimum absolute atomic E-state index is 0. The van der Waals surface area contributed by atoms with Gasteiger partial charge in [0.1, 0.15) is 12.5 Å². The summed E-state index contributed by atoms with van der Waals surface area (Å²) in [6.45, 7) is -0.0926. The molecule has 0 radical (unpaired) electrons. The van der Waals surface area contributed by atoms with Gasteiger partial charge in [-0.1, -0.05) is 18.2 Å². The fraction of sp³-hybridized carbons (Fsp3) is 0.143. The number of hydrogen-bond donors (Lipinski definition) is 1. The summed E-state index contributed by atoms with van der Waals surface area (Å²) in [4.78, 5) is 0. The zero-order valence-electron chi connectivity index (χ0n) is 7.10. The molecular formula is C7H10NO3PZn. The van der Waals surface area contributed by atoms with Crippen LogP contribution in [0.25, 0.3) is 0 Å². The first kappa shape index (κ1) is 12.8. The molecule has 0 aliphatic heterocycles. The predicted molar refractivity (Wildman–Crippen MR) is 46.2 cm³/mol. The minimum atomic E-state index is -2.47. The van der Waals surface area contributed by atoms with Crippen LogP contribution in [0.1, 0.15) is 0 Å². The Labute approximate surface area is 90.1 Å². The van der Waals surface area contributed by atoms with E-state index in [1.807, 2.05) is 6.07 Å². The molecule has 68 valence electrons. The third-order valence-electron chi connectivity index (χ3n) is 1.15. The Kier molecular flexibility index (Phi) is 7.11. The van der Waals surface area contributed by atoms with Crippen molar-refractivity contribution in [1.29, 1.82) is 0 Å². The molecule has 1 aromatic rings. The van der Waals surface area contributed by atoms with Crippen LogP contribution in [-0.4, -0.2) is 6.73 Å². The van der Waals surface area contributed by atoms with E-state index in [4.69, 9.17) is 10.3 Å². The van der Waals surface area contributed by atoms with Gasteiger partial charge in [0.2, 0.25) is 0 Å². The molecule has 0 fully saturated rings. The van der Waals surface area contributed by atoms with E-state index in [2.05, 4.69) is 4.52 Å². The van der Waals surface area contributed by atoms with Crippen molar-refractivity contribution in [3.05, 3.63) is 30.3 Å². The van der Waals surface area contributed by atoms with Crippen LogP contribution in [0.3, 0.4) is 0 Å². The maximum absolute atomic E-state index is 10.9. The van der Waals surface area contributed by atoms with Gasteiger partial charge in [-0.05, 0) is 12.1 Å². The van der Waals surface area contributed by atoms with E-state index in [-0.39, 0.29) is 26.2 Å². The summed E-state index contributed by atoms with van der Waals surface area (Å²) in [6, 6.07) is 8.80. The van der Waals surface area contributed by atoms with Crippen molar-refractivity contribution in [2.45, 2.75) is 0 Å². The van der Waals surface area contributed by atoms with Crippen molar-refractivity contribution in [3.63, 3.8) is 0 Å². The molecule has 0 aliphatic rings. The quantitative estimate of drug-likeness (QED) is 0.500. The number of benzene rings is 1.